The number of phenols is 1. The van der Waals surface area contributed by atoms with Crippen LogP contribution in [0, 0.1) is 0 Å². The topological polar surface area (TPSA) is 30.0 Å². The molecule has 1 aromatic carbocycles. The summed E-state index contributed by atoms with van der Waals surface area (Å²) in [4.78, 5) is 8.74. The standard InChI is InChI=1S/C114H225N3O/c1-7-13-19-25-31-37-43-49-55-61-67-73-79-85-91-97-105-115(106-98-92-86-80-74-68-62-56-50-44-38-32-26-20-14-8-2)111-103-104-112(118)114(117(109-101-95-89-83-77-71-65-59-53-47-41-35-29-23-17-11-5)110-102-96-90-84-78-72-66-60-54-48-42-36-30-24-18-12-6)113(111)116(107-99-93-87-81-75-69-63-57-51-45-39-33-27-21-15-9-3)108-100-94-88-82-76-70-64-58-52-46-40-34-28-22-16-10-4/h103-104,118H,7-102,105-110H2,1-6H3. The van der Waals surface area contributed by atoms with Crippen molar-refractivity contribution < 1.29 is 5.11 Å². The first-order valence-corrected chi connectivity index (χ1v) is 56.7. The molecule has 1 aromatic rings. The average Bonchev–Trinajstić information content (AvgIpc) is 0.777. The molecule has 1 N–H and O–H groups in total. The maximum Gasteiger partial charge on any atom is 0.141 e. The Hall–Kier alpha value is -1.58. The molecule has 0 radical (unpaired) electrons. The average molecular weight is 1650 g/mol. The Labute approximate surface area is 747 Å². The second-order valence-electron chi connectivity index (χ2n) is 39.6. The summed E-state index contributed by atoms with van der Waals surface area (Å²) >= 11 is 0. The van der Waals surface area contributed by atoms with E-state index in [1.165, 1.54) is 633 Å². The smallest absolute Gasteiger partial charge is 0.141 e. The third kappa shape index (κ3) is 80.3. The number of hydrogen-bond donors (Lipinski definition) is 1. The van der Waals surface area contributed by atoms with Gasteiger partial charge in [-0.1, -0.05) is 619 Å². The fraction of sp³-hybridized carbons (Fsp3) is 0.947. The van der Waals surface area contributed by atoms with Crippen LogP contribution in [0.4, 0.5) is 17.1 Å². The number of rotatable bonds is 105. The molecule has 0 saturated carbocycles. The van der Waals surface area contributed by atoms with Crippen molar-refractivity contribution in [1.82, 2.24) is 0 Å². The molecule has 0 heterocycles. The van der Waals surface area contributed by atoms with Crippen molar-refractivity contribution in [3.05, 3.63) is 12.1 Å². The lowest BCUT2D eigenvalue weighted by Crippen LogP contribution is -2.35. The van der Waals surface area contributed by atoms with Crippen LogP contribution in [0.5, 0.6) is 5.75 Å². The van der Waals surface area contributed by atoms with Crippen molar-refractivity contribution in [2.75, 3.05) is 54.0 Å². The molecule has 4 nitrogen and oxygen atoms in total. The predicted molar refractivity (Wildman–Crippen MR) is 542 cm³/mol. The molecule has 0 fully saturated rings. The lowest BCUT2D eigenvalue weighted by molar-refractivity contribution is 0.471. The quantitative estimate of drug-likeness (QED) is 0.0659. The first kappa shape index (κ1) is 114. The normalized spacial score (nSPS) is 11.7. The van der Waals surface area contributed by atoms with Gasteiger partial charge in [-0.25, -0.2) is 0 Å². The molecule has 0 aliphatic carbocycles. The summed E-state index contributed by atoms with van der Waals surface area (Å²) in [5.74, 6) is 0.570. The second-order valence-corrected chi connectivity index (χ2v) is 39.6. The van der Waals surface area contributed by atoms with E-state index in [0.717, 1.165) is 39.3 Å². The fourth-order valence-corrected chi connectivity index (χ4v) is 19.6. The number of hydrogen-bond acceptors (Lipinski definition) is 4. The Morgan fingerprint density at radius 3 is 0.381 bits per heavy atom. The highest BCUT2D eigenvalue weighted by Gasteiger charge is 2.27. The van der Waals surface area contributed by atoms with Crippen molar-refractivity contribution in [3.63, 3.8) is 0 Å². The van der Waals surface area contributed by atoms with E-state index >= 15 is 0 Å². The van der Waals surface area contributed by atoms with Crippen LogP contribution >= 0.6 is 0 Å². The Kier molecular flexibility index (Phi) is 96.2. The van der Waals surface area contributed by atoms with Gasteiger partial charge in [-0.05, 0) is 50.7 Å². The molecule has 0 aliphatic heterocycles. The maximum atomic E-state index is 13.1. The molecule has 0 aliphatic rings. The van der Waals surface area contributed by atoms with Gasteiger partial charge >= 0.3 is 0 Å². The van der Waals surface area contributed by atoms with Gasteiger partial charge < -0.3 is 19.8 Å². The number of nitrogens with zero attached hydrogens (tertiary/aromatic N) is 3. The first-order valence-electron chi connectivity index (χ1n) is 56.7. The molecule has 118 heavy (non-hydrogen) atoms. The fourth-order valence-electron chi connectivity index (χ4n) is 19.6. The van der Waals surface area contributed by atoms with Gasteiger partial charge in [0.05, 0.1) is 11.4 Å². The molecule has 4 heteroatoms. The summed E-state index contributed by atoms with van der Waals surface area (Å²) < 4.78 is 0. The molecule has 1 rings (SSSR count). The second kappa shape index (κ2) is 99.2. The minimum atomic E-state index is 0.570. The Bertz CT molecular complexity index is 1880. The van der Waals surface area contributed by atoms with Gasteiger partial charge in [-0.3, -0.25) is 0 Å². The summed E-state index contributed by atoms with van der Waals surface area (Å²) in [5, 5.41) is 13.1. The van der Waals surface area contributed by atoms with Crippen molar-refractivity contribution in [1.29, 1.82) is 0 Å². The summed E-state index contributed by atoms with van der Waals surface area (Å²) in [7, 11) is 0. The molecule has 0 bridgehead atoms. The van der Waals surface area contributed by atoms with Crippen LogP contribution in [0.2, 0.25) is 0 Å². The van der Waals surface area contributed by atoms with E-state index in [9.17, 15) is 5.11 Å². The molecule has 0 amide bonds. The van der Waals surface area contributed by atoms with E-state index in [0.29, 0.717) is 5.75 Å². The zero-order valence-electron chi connectivity index (χ0n) is 83.1. The number of phenolic OH excluding ortho intramolecular Hbond substituents is 1. The Morgan fingerprint density at radius 1 is 0.136 bits per heavy atom. The molecule has 0 unspecified atom stereocenters. The van der Waals surface area contributed by atoms with Gasteiger partial charge in [-0.15, -0.1) is 0 Å². The third-order valence-electron chi connectivity index (χ3n) is 27.8. The molecule has 0 atom stereocenters. The van der Waals surface area contributed by atoms with E-state index in [1.807, 2.05) is 0 Å². The van der Waals surface area contributed by atoms with Crippen molar-refractivity contribution in [2.24, 2.45) is 0 Å². The summed E-state index contributed by atoms with van der Waals surface area (Å²) in [6, 6.07) is 4.70. The van der Waals surface area contributed by atoms with Crippen molar-refractivity contribution in [2.45, 2.75) is 658 Å². The number of unbranched alkanes of at least 4 members (excludes halogenated alkanes) is 90. The summed E-state index contributed by atoms with van der Waals surface area (Å²) in [5.41, 5.74) is 4.16. The van der Waals surface area contributed by atoms with Crippen LogP contribution < -0.4 is 14.7 Å². The van der Waals surface area contributed by atoms with E-state index in [1.54, 1.807) is 0 Å². The molecular weight excluding hydrogens is 1430 g/mol. The minimum Gasteiger partial charge on any atom is -0.506 e. The lowest BCUT2D eigenvalue weighted by Gasteiger charge is -2.38. The van der Waals surface area contributed by atoms with E-state index < -0.39 is 0 Å². The molecule has 702 valence electrons. The van der Waals surface area contributed by atoms with Crippen LogP contribution in [0.3, 0.4) is 0 Å². The Morgan fingerprint density at radius 2 is 0.246 bits per heavy atom. The predicted octanol–water partition coefficient (Wildman–Crippen LogP) is 41.4. The van der Waals surface area contributed by atoms with E-state index in [2.05, 4.69) is 68.4 Å². The number of anilines is 3. The molecule has 0 aromatic heterocycles. The van der Waals surface area contributed by atoms with Crippen LogP contribution in [-0.4, -0.2) is 44.4 Å². The van der Waals surface area contributed by atoms with Gasteiger partial charge in [0, 0.05) is 39.3 Å². The van der Waals surface area contributed by atoms with Gasteiger partial charge in [0.1, 0.15) is 11.4 Å². The minimum absolute atomic E-state index is 0.570. The van der Waals surface area contributed by atoms with E-state index in [4.69, 9.17) is 0 Å². The molecule has 0 spiro atoms. The van der Waals surface area contributed by atoms with Gasteiger partial charge in [0.15, 0.2) is 0 Å². The zero-order chi connectivity index (χ0) is 84.6. The highest BCUT2D eigenvalue weighted by molar-refractivity contribution is 5.89. The van der Waals surface area contributed by atoms with Crippen molar-refractivity contribution >= 4 is 17.1 Å². The van der Waals surface area contributed by atoms with Crippen LogP contribution in [-0.2, 0) is 0 Å². The molecular formula is C114H225N3O. The summed E-state index contributed by atoms with van der Waals surface area (Å²) in [6.45, 7) is 20.7. The lowest BCUT2D eigenvalue weighted by atomic mass is 10.0. The highest BCUT2D eigenvalue weighted by atomic mass is 16.3. The Balaban J connectivity index is 3.72. The van der Waals surface area contributed by atoms with Crippen LogP contribution in [0.15, 0.2) is 12.1 Å². The van der Waals surface area contributed by atoms with Crippen LogP contribution in [0.25, 0.3) is 0 Å². The van der Waals surface area contributed by atoms with Gasteiger partial charge in [0.25, 0.3) is 0 Å². The van der Waals surface area contributed by atoms with Gasteiger partial charge in [0.2, 0.25) is 0 Å². The highest BCUT2D eigenvalue weighted by Crippen LogP contribution is 2.46. The monoisotopic (exact) mass is 1650 g/mol. The zero-order valence-corrected chi connectivity index (χ0v) is 83.1. The first-order chi connectivity index (χ1) is 58.6. The maximum absolute atomic E-state index is 13.1. The third-order valence-corrected chi connectivity index (χ3v) is 27.8. The molecule has 0 saturated heterocycles. The van der Waals surface area contributed by atoms with E-state index in [-0.39, 0.29) is 0 Å². The summed E-state index contributed by atoms with van der Waals surface area (Å²) in [6.07, 6.45) is 136. The largest absolute Gasteiger partial charge is 0.506 e. The van der Waals surface area contributed by atoms with Gasteiger partial charge in [-0.2, -0.15) is 0 Å². The SMILES string of the molecule is CCCCCCCCCCCCCCCCCCN(CCCCCCCCCCCCCCCCCC)c1ccc(O)c(N(CCCCCCCCCCCCCCCCCC)CCCCCCCCCCCCCCCCCC)c1N(CCCCCCCCCCCCCCCCCC)CCCCCCCCCCCCCCCCCC. The number of benzene rings is 1. The van der Waals surface area contributed by atoms with Crippen LogP contribution in [0.1, 0.15) is 658 Å². The number of aromatic hydroxyl groups is 1. The van der Waals surface area contributed by atoms with Crippen molar-refractivity contribution in [3.8, 4) is 5.75 Å².